The molecular formula is C15H24N2O. The van der Waals surface area contributed by atoms with Gasteiger partial charge in [-0.25, -0.2) is 0 Å². The molecule has 0 radical (unpaired) electrons. The van der Waals surface area contributed by atoms with Crippen LogP contribution in [0.4, 0.5) is 0 Å². The molecule has 1 aliphatic heterocycles. The van der Waals surface area contributed by atoms with Crippen molar-refractivity contribution in [1.82, 2.24) is 9.80 Å². The van der Waals surface area contributed by atoms with Crippen molar-refractivity contribution in [2.45, 2.75) is 19.9 Å². The molecule has 0 amide bonds. The zero-order valence-electron chi connectivity index (χ0n) is 12.2. The van der Waals surface area contributed by atoms with E-state index in [0.29, 0.717) is 6.04 Å². The number of nitrogens with zero attached hydrogens (tertiary/aromatic N) is 2. The fourth-order valence-electron chi connectivity index (χ4n) is 2.60. The highest BCUT2D eigenvalue weighted by Gasteiger charge is 2.26. The van der Waals surface area contributed by atoms with Crippen LogP contribution < -0.4 is 4.74 Å². The molecule has 1 aromatic rings. The van der Waals surface area contributed by atoms with Gasteiger partial charge in [-0.05, 0) is 45.1 Å². The van der Waals surface area contributed by atoms with E-state index in [1.54, 1.807) is 7.11 Å². The Balaban J connectivity index is 2.39. The van der Waals surface area contributed by atoms with E-state index in [0.717, 1.165) is 25.4 Å². The Kier molecular flexibility index (Phi) is 3.93. The molecule has 1 aromatic carbocycles. The Bertz CT molecular complexity index is 431. The van der Waals surface area contributed by atoms with Crippen LogP contribution in [0.25, 0.3) is 0 Å². The summed E-state index contributed by atoms with van der Waals surface area (Å²) in [5.74, 6) is 1.02. The van der Waals surface area contributed by atoms with Gasteiger partial charge in [0.05, 0.1) is 13.2 Å². The minimum Gasteiger partial charge on any atom is -0.496 e. The molecule has 2 rings (SSSR count). The number of likely N-dealkylation sites (N-methyl/N-ethyl adjacent to an activating group) is 2. The first-order chi connectivity index (χ1) is 8.52. The third kappa shape index (κ3) is 2.52. The molecule has 3 nitrogen and oxygen atoms in total. The summed E-state index contributed by atoms with van der Waals surface area (Å²) in [6, 6.07) is 4.87. The summed E-state index contributed by atoms with van der Waals surface area (Å²) in [7, 11) is 6.15. The summed E-state index contributed by atoms with van der Waals surface area (Å²) in [5.41, 5.74) is 3.95. The first kappa shape index (κ1) is 13.4. The highest BCUT2D eigenvalue weighted by Crippen LogP contribution is 2.33. The molecule has 0 spiro atoms. The zero-order chi connectivity index (χ0) is 13.3. The Morgan fingerprint density at radius 3 is 2.44 bits per heavy atom. The molecular weight excluding hydrogens is 224 g/mol. The molecule has 18 heavy (non-hydrogen) atoms. The number of benzene rings is 1. The average Bonchev–Trinajstić information content (AvgIpc) is 2.35. The van der Waals surface area contributed by atoms with Crippen molar-refractivity contribution in [2.24, 2.45) is 0 Å². The lowest BCUT2D eigenvalue weighted by Gasteiger charge is -2.38. The van der Waals surface area contributed by atoms with Crippen molar-refractivity contribution in [3.63, 3.8) is 0 Å². The lowest BCUT2D eigenvalue weighted by atomic mass is 9.97. The molecule has 1 atom stereocenters. The molecule has 0 N–H and O–H groups in total. The predicted molar refractivity (Wildman–Crippen MR) is 75.3 cm³/mol. The molecule has 1 unspecified atom stereocenters. The molecule has 1 heterocycles. The first-order valence-electron chi connectivity index (χ1n) is 6.57. The van der Waals surface area contributed by atoms with Gasteiger partial charge in [0.2, 0.25) is 0 Å². The van der Waals surface area contributed by atoms with Crippen LogP contribution in [0.15, 0.2) is 12.1 Å². The quantitative estimate of drug-likeness (QED) is 0.798. The zero-order valence-corrected chi connectivity index (χ0v) is 12.2. The maximum atomic E-state index is 5.57. The lowest BCUT2D eigenvalue weighted by molar-refractivity contribution is 0.113. The largest absolute Gasteiger partial charge is 0.496 e. The summed E-state index contributed by atoms with van der Waals surface area (Å²) in [5, 5.41) is 0. The summed E-state index contributed by atoms with van der Waals surface area (Å²) in [4.78, 5) is 4.81. The van der Waals surface area contributed by atoms with Gasteiger partial charge in [0, 0.05) is 25.2 Å². The monoisotopic (exact) mass is 248 g/mol. The molecule has 0 bridgehead atoms. The Morgan fingerprint density at radius 1 is 1.11 bits per heavy atom. The number of aryl methyl sites for hydroxylation is 2. The fourth-order valence-corrected chi connectivity index (χ4v) is 2.60. The molecule has 0 aromatic heterocycles. The summed E-state index contributed by atoms with van der Waals surface area (Å²) in [6.45, 7) is 7.62. The van der Waals surface area contributed by atoms with Crippen LogP contribution >= 0.6 is 0 Å². The van der Waals surface area contributed by atoms with Gasteiger partial charge < -0.3 is 9.64 Å². The lowest BCUT2D eigenvalue weighted by Crippen LogP contribution is -2.44. The third-order valence-electron chi connectivity index (χ3n) is 4.06. The summed E-state index contributed by atoms with van der Waals surface area (Å²) >= 11 is 0. The standard InChI is InChI=1S/C15H24N2O/c1-11-8-13(15(18-5)9-12(11)2)14-10-16(3)6-7-17(14)4/h8-9,14H,6-7,10H2,1-5H3. The van der Waals surface area contributed by atoms with Crippen LogP contribution in [0.5, 0.6) is 5.75 Å². The van der Waals surface area contributed by atoms with E-state index >= 15 is 0 Å². The highest BCUT2D eigenvalue weighted by atomic mass is 16.5. The van der Waals surface area contributed by atoms with E-state index in [2.05, 4.69) is 49.9 Å². The highest BCUT2D eigenvalue weighted by molar-refractivity contribution is 5.43. The van der Waals surface area contributed by atoms with E-state index in [4.69, 9.17) is 4.74 Å². The van der Waals surface area contributed by atoms with Gasteiger partial charge in [0.25, 0.3) is 0 Å². The van der Waals surface area contributed by atoms with Gasteiger partial charge in [-0.3, -0.25) is 4.90 Å². The number of ether oxygens (including phenoxy) is 1. The molecule has 3 heteroatoms. The second-order valence-electron chi connectivity index (χ2n) is 5.44. The molecule has 1 saturated heterocycles. The number of hydrogen-bond acceptors (Lipinski definition) is 3. The molecule has 0 aliphatic carbocycles. The Morgan fingerprint density at radius 2 is 1.78 bits per heavy atom. The van der Waals surface area contributed by atoms with Crippen molar-refractivity contribution in [3.8, 4) is 5.75 Å². The molecule has 100 valence electrons. The van der Waals surface area contributed by atoms with Crippen LogP contribution in [-0.2, 0) is 0 Å². The SMILES string of the molecule is COc1cc(C)c(C)cc1C1CN(C)CCN1C. The van der Waals surface area contributed by atoms with Crippen molar-refractivity contribution in [1.29, 1.82) is 0 Å². The minimum atomic E-state index is 0.429. The number of hydrogen-bond donors (Lipinski definition) is 0. The van der Waals surface area contributed by atoms with Gasteiger partial charge in [-0.15, -0.1) is 0 Å². The minimum absolute atomic E-state index is 0.429. The Hall–Kier alpha value is -1.06. The topological polar surface area (TPSA) is 15.7 Å². The first-order valence-corrected chi connectivity index (χ1v) is 6.57. The van der Waals surface area contributed by atoms with E-state index in [1.165, 1.54) is 16.7 Å². The number of piperazine rings is 1. The van der Waals surface area contributed by atoms with Crippen molar-refractivity contribution in [3.05, 3.63) is 28.8 Å². The fraction of sp³-hybridized carbons (Fsp3) is 0.600. The number of methoxy groups -OCH3 is 1. The van der Waals surface area contributed by atoms with Gasteiger partial charge in [-0.1, -0.05) is 6.07 Å². The van der Waals surface area contributed by atoms with Crippen molar-refractivity contribution >= 4 is 0 Å². The predicted octanol–water partition coefficient (Wildman–Crippen LogP) is 2.23. The van der Waals surface area contributed by atoms with E-state index in [-0.39, 0.29) is 0 Å². The molecule has 0 saturated carbocycles. The Labute approximate surface area is 110 Å². The van der Waals surface area contributed by atoms with Gasteiger partial charge in [0.1, 0.15) is 5.75 Å². The van der Waals surface area contributed by atoms with E-state index in [9.17, 15) is 0 Å². The van der Waals surface area contributed by atoms with Crippen LogP contribution in [0.2, 0.25) is 0 Å². The normalized spacial score (nSPS) is 22.2. The third-order valence-corrected chi connectivity index (χ3v) is 4.06. The van der Waals surface area contributed by atoms with Crippen LogP contribution in [-0.4, -0.2) is 50.6 Å². The maximum Gasteiger partial charge on any atom is 0.123 e. The van der Waals surface area contributed by atoms with E-state index < -0.39 is 0 Å². The van der Waals surface area contributed by atoms with Crippen LogP contribution in [0.1, 0.15) is 22.7 Å². The number of rotatable bonds is 2. The van der Waals surface area contributed by atoms with Gasteiger partial charge in [-0.2, -0.15) is 0 Å². The summed E-state index contributed by atoms with van der Waals surface area (Å²) < 4.78 is 5.57. The van der Waals surface area contributed by atoms with Crippen molar-refractivity contribution < 1.29 is 4.74 Å². The average molecular weight is 248 g/mol. The maximum absolute atomic E-state index is 5.57. The molecule has 1 aliphatic rings. The summed E-state index contributed by atoms with van der Waals surface area (Å²) in [6.07, 6.45) is 0. The van der Waals surface area contributed by atoms with E-state index in [1.807, 2.05) is 0 Å². The van der Waals surface area contributed by atoms with Crippen LogP contribution in [0.3, 0.4) is 0 Å². The second-order valence-corrected chi connectivity index (χ2v) is 5.44. The van der Waals surface area contributed by atoms with Crippen LogP contribution in [0, 0.1) is 13.8 Å². The molecule has 1 fully saturated rings. The second kappa shape index (κ2) is 5.29. The van der Waals surface area contributed by atoms with Gasteiger partial charge >= 0.3 is 0 Å². The smallest absolute Gasteiger partial charge is 0.123 e. The van der Waals surface area contributed by atoms with Gasteiger partial charge in [0.15, 0.2) is 0 Å². The van der Waals surface area contributed by atoms with Crippen molar-refractivity contribution in [2.75, 3.05) is 40.8 Å².